The molecule has 3 rings (SSSR count). The molecule has 2 aromatic rings. The fourth-order valence-corrected chi connectivity index (χ4v) is 3.62. The molecule has 0 spiro atoms. The highest BCUT2D eigenvalue weighted by molar-refractivity contribution is 5.92. The summed E-state index contributed by atoms with van der Waals surface area (Å²) in [6, 6.07) is 12.2. The van der Waals surface area contributed by atoms with Crippen molar-refractivity contribution in [1.29, 1.82) is 0 Å². The van der Waals surface area contributed by atoms with E-state index in [9.17, 15) is 19.2 Å². The van der Waals surface area contributed by atoms with E-state index in [2.05, 4.69) is 5.32 Å². The molecule has 1 aliphatic rings. The Bertz CT molecular complexity index is 993. The molecule has 32 heavy (non-hydrogen) atoms. The summed E-state index contributed by atoms with van der Waals surface area (Å²) in [5, 5.41) is 31.1. The molecule has 0 aliphatic heterocycles. The van der Waals surface area contributed by atoms with Gasteiger partial charge in [-0.25, -0.2) is 9.59 Å². The van der Waals surface area contributed by atoms with E-state index in [0.29, 0.717) is 0 Å². The highest BCUT2D eigenvalue weighted by atomic mass is 16.5. The Labute approximate surface area is 182 Å². The van der Waals surface area contributed by atoms with Crippen LogP contribution in [0, 0.1) is 0 Å². The molecule has 0 bridgehead atoms. The van der Waals surface area contributed by atoms with Gasteiger partial charge in [0.1, 0.15) is 18.7 Å². The highest BCUT2D eigenvalue weighted by Gasteiger charge is 2.31. The number of aliphatic hydroxyl groups is 1. The van der Waals surface area contributed by atoms with Crippen molar-refractivity contribution in [3.05, 3.63) is 59.7 Å². The molecule has 2 atom stereocenters. The summed E-state index contributed by atoms with van der Waals surface area (Å²) in [7, 11) is 0. The number of rotatable bonds is 9. The van der Waals surface area contributed by atoms with Gasteiger partial charge in [0.25, 0.3) is 0 Å². The smallest absolute Gasteiger partial charge is 0.407 e. The lowest BCUT2D eigenvalue weighted by molar-refractivity contribution is -0.143. The number of carboxylic acid groups (broad SMARTS) is 2. The summed E-state index contributed by atoms with van der Waals surface area (Å²) in [6.45, 7) is -0.943. The number of hydrogen-bond donors (Lipinski definition) is 5. The summed E-state index contributed by atoms with van der Waals surface area (Å²) in [6.07, 6.45) is -1.82. The fraction of sp³-hybridized carbons (Fsp3) is 0.273. The summed E-state index contributed by atoms with van der Waals surface area (Å²) in [4.78, 5) is 46.7. The van der Waals surface area contributed by atoms with Crippen molar-refractivity contribution < 1.29 is 39.2 Å². The van der Waals surface area contributed by atoms with E-state index in [0.717, 1.165) is 22.3 Å². The first-order chi connectivity index (χ1) is 15.3. The molecular weight excluding hydrogens is 420 g/mol. The molecule has 0 saturated heterocycles. The zero-order valence-electron chi connectivity index (χ0n) is 16.9. The predicted molar refractivity (Wildman–Crippen MR) is 111 cm³/mol. The van der Waals surface area contributed by atoms with Gasteiger partial charge in [-0.1, -0.05) is 48.5 Å². The van der Waals surface area contributed by atoms with Crippen LogP contribution in [0.2, 0.25) is 0 Å². The van der Waals surface area contributed by atoms with Crippen LogP contribution in [-0.4, -0.2) is 64.6 Å². The number of aliphatic hydroxyl groups excluding tert-OH is 1. The van der Waals surface area contributed by atoms with Gasteiger partial charge in [0.15, 0.2) is 0 Å². The molecule has 1 aliphatic carbocycles. The van der Waals surface area contributed by atoms with Crippen molar-refractivity contribution in [2.45, 2.75) is 24.4 Å². The van der Waals surface area contributed by atoms with Crippen LogP contribution in [0.25, 0.3) is 11.1 Å². The third-order valence-electron chi connectivity index (χ3n) is 5.13. The molecule has 10 nitrogen and oxygen atoms in total. The minimum Gasteiger partial charge on any atom is -0.481 e. The second kappa shape index (κ2) is 9.92. The van der Waals surface area contributed by atoms with Crippen LogP contribution in [-0.2, 0) is 19.1 Å². The number of aliphatic carboxylic acids is 2. The van der Waals surface area contributed by atoms with Gasteiger partial charge in [-0.15, -0.1) is 0 Å². The van der Waals surface area contributed by atoms with Crippen molar-refractivity contribution in [3.63, 3.8) is 0 Å². The Morgan fingerprint density at radius 1 is 0.875 bits per heavy atom. The number of carboxylic acids is 2. The van der Waals surface area contributed by atoms with Gasteiger partial charge in [-0.3, -0.25) is 9.59 Å². The Hall–Kier alpha value is -3.92. The summed E-state index contributed by atoms with van der Waals surface area (Å²) < 4.78 is 5.29. The van der Waals surface area contributed by atoms with Crippen molar-refractivity contribution in [2.75, 3.05) is 13.2 Å². The molecule has 0 saturated carbocycles. The number of carbonyl (C=O) groups is 4. The number of alkyl carbamates (subject to hydrolysis) is 1. The molecule has 2 aromatic carbocycles. The quantitative estimate of drug-likeness (QED) is 0.383. The molecule has 0 heterocycles. The van der Waals surface area contributed by atoms with E-state index in [1.807, 2.05) is 53.8 Å². The van der Waals surface area contributed by atoms with Gasteiger partial charge < -0.3 is 30.7 Å². The third kappa shape index (κ3) is 5.03. The summed E-state index contributed by atoms with van der Waals surface area (Å²) in [5.41, 5.74) is 4.02. The third-order valence-corrected chi connectivity index (χ3v) is 5.13. The van der Waals surface area contributed by atoms with Gasteiger partial charge in [0.2, 0.25) is 5.91 Å². The van der Waals surface area contributed by atoms with Gasteiger partial charge in [-0.05, 0) is 22.3 Å². The van der Waals surface area contributed by atoms with Crippen molar-refractivity contribution in [2.24, 2.45) is 0 Å². The monoisotopic (exact) mass is 442 g/mol. The van der Waals surface area contributed by atoms with E-state index in [1.165, 1.54) is 0 Å². The predicted octanol–water partition coefficient (Wildman–Crippen LogP) is 0.930. The molecular formula is C22H22N2O8. The van der Waals surface area contributed by atoms with E-state index in [4.69, 9.17) is 20.1 Å². The standard InChI is InChI=1S/C22H22N2O8/c25-10-18(21(29)30)23-20(28)17(9-19(26)27)24-22(31)32-11-16-14-7-3-1-5-12(14)13-6-2-4-8-15(13)16/h1-8,16-18,25H,9-11H2,(H,23,28)(H,24,31)(H,26,27)(H,29,30)/t17-,18-/m0/s1. The Morgan fingerprint density at radius 2 is 1.44 bits per heavy atom. The number of nitrogens with one attached hydrogen (secondary N) is 2. The maximum Gasteiger partial charge on any atom is 0.407 e. The van der Waals surface area contributed by atoms with Crippen LogP contribution in [0.15, 0.2) is 48.5 Å². The van der Waals surface area contributed by atoms with Gasteiger partial charge in [-0.2, -0.15) is 0 Å². The van der Waals surface area contributed by atoms with Crippen LogP contribution in [0.3, 0.4) is 0 Å². The molecule has 5 N–H and O–H groups in total. The first kappa shape index (κ1) is 22.8. The zero-order valence-corrected chi connectivity index (χ0v) is 16.9. The topological polar surface area (TPSA) is 162 Å². The number of benzene rings is 2. The molecule has 0 unspecified atom stereocenters. The van der Waals surface area contributed by atoms with Crippen LogP contribution in [0.1, 0.15) is 23.5 Å². The van der Waals surface area contributed by atoms with E-state index < -0.39 is 49.1 Å². The summed E-state index contributed by atoms with van der Waals surface area (Å²) in [5.74, 6) is -4.19. The van der Waals surface area contributed by atoms with Gasteiger partial charge in [0.05, 0.1) is 13.0 Å². The molecule has 0 aromatic heterocycles. The second-order valence-electron chi connectivity index (χ2n) is 7.20. The van der Waals surface area contributed by atoms with Crippen molar-refractivity contribution in [1.82, 2.24) is 10.6 Å². The maximum absolute atomic E-state index is 12.3. The first-order valence-electron chi connectivity index (χ1n) is 9.79. The van der Waals surface area contributed by atoms with Crippen LogP contribution < -0.4 is 10.6 Å². The Morgan fingerprint density at radius 3 is 1.94 bits per heavy atom. The number of amides is 2. The Kier molecular flexibility index (Phi) is 7.06. The highest BCUT2D eigenvalue weighted by Crippen LogP contribution is 2.44. The minimum atomic E-state index is -1.64. The lowest BCUT2D eigenvalue weighted by Crippen LogP contribution is -2.53. The normalized spacial score (nSPS) is 13.9. The molecule has 0 radical (unpaired) electrons. The minimum absolute atomic E-state index is 0.0460. The van der Waals surface area contributed by atoms with Crippen molar-refractivity contribution >= 4 is 23.9 Å². The van der Waals surface area contributed by atoms with Gasteiger partial charge in [0, 0.05) is 5.92 Å². The molecule has 0 fully saturated rings. The van der Waals surface area contributed by atoms with Crippen LogP contribution in [0.5, 0.6) is 0 Å². The number of hydrogen-bond acceptors (Lipinski definition) is 6. The average molecular weight is 442 g/mol. The first-order valence-corrected chi connectivity index (χ1v) is 9.79. The molecule has 2 amide bonds. The fourth-order valence-electron chi connectivity index (χ4n) is 3.62. The van der Waals surface area contributed by atoms with E-state index in [-0.39, 0.29) is 12.5 Å². The second-order valence-corrected chi connectivity index (χ2v) is 7.20. The lowest BCUT2D eigenvalue weighted by atomic mass is 9.98. The van der Waals surface area contributed by atoms with Crippen LogP contribution >= 0.6 is 0 Å². The molecule has 168 valence electrons. The lowest BCUT2D eigenvalue weighted by Gasteiger charge is -2.20. The van der Waals surface area contributed by atoms with E-state index >= 15 is 0 Å². The average Bonchev–Trinajstić information content (AvgIpc) is 3.08. The number of fused-ring (bicyclic) bond motifs is 3. The van der Waals surface area contributed by atoms with Crippen molar-refractivity contribution in [3.8, 4) is 11.1 Å². The molecule has 10 heteroatoms. The Balaban J connectivity index is 1.67. The van der Waals surface area contributed by atoms with Gasteiger partial charge >= 0.3 is 18.0 Å². The number of carbonyl (C=O) groups excluding carboxylic acids is 2. The largest absolute Gasteiger partial charge is 0.481 e. The SMILES string of the molecule is O=C(O)C[C@H](NC(=O)OCC1c2ccccc2-c2ccccc21)C(=O)N[C@@H](CO)C(=O)O. The maximum atomic E-state index is 12.3. The van der Waals surface area contributed by atoms with Crippen LogP contribution in [0.4, 0.5) is 4.79 Å². The van der Waals surface area contributed by atoms with E-state index in [1.54, 1.807) is 0 Å². The zero-order chi connectivity index (χ0) is 23.3. The summed E-state index contributed by atoms with van der Waals surface area (Å²) >= 11 is 0. The number of ether oxygens (including phenoxy) is 1.